The normalized spacial score (nSPS) is 10.2. The van der Waals surface area contributed by atoms with Crippen molar-refractivity contribution in [3.8, 4) is 0 Å². The molecule has 98 valence electrons. The Morgan fingerprint density at radius 1 is 1.37 bits per heavy atom. The maximum absolute atomic E-state index is 10.8. The van der Waals surface area contributed by atoms with Crippen LogP contribution in [0.3, 0.4) is 0 Å². The van der Waals surface area contributed by atoms with E-state index in [2.05, 4.69) is 26.2 Å². The minimum absolute atomic E-state index is 0.0972. The molecule has 0 radical (unpaired) electrons. The minimum Gasteiger partial charge on any atom is -0.383 e. The molecule has 0 amide bonds. The molecule has 0 unspecified atom stereocenters. The third-order valence-corrected chi connectivity index (χ3v) is 3.08. The van der Waals surface area contributed by atoms with E-state index in [4.69, 9.17) is 5.73 Å². The largest absolute Gasteiger partial charge is 0.383 e. The fourth-order valence-corrected chi connectivity index (χ4v) is 2.16. The number of pyridine rings is 1. The fourth-order valence-electron chi connectivity index (χ4n) is 1.57. The van der Waals surface area contributed by atoms with E-state index in [0.29, 0.717) is 5.82 Å². The highest BCUT2D eigenvalue weighted by Crippen LogP contribution is 2.28. The summed E-state index contributed by atoms with van der Waals surface area (Å²) in [5.41, 5.74) is 7.31. The number of hydrogen-bond acceptors (Lipinski definition) is 5. The first-order valence-corrected chi connectivity index (χ1v) is 6.20. The second kappa shape index (κ2) is 5.23. The Morgan fingerprint density at radius 2 is 2.11 bits per heavy atom. The topological polar surface area (TPSA) is 94.1 Å². The first kappa shape index (κ1) is 13.3. The number of benzene rings is 1. The number of aromatic nitrogens is 1. The molecule has 0 saturated carbocycles. The Bertz CT molecular complexity index is 646. The summed E-state index contributed by atoms with van der Waals surface area (Å²) in [6.07, 6.45) is 0. The first-order chi connectivity index (χ1) is 8.95. The Labute approximate surface area is 117 Å². The third kappa shape index (κ3) is 3.19. The zero-order chi connectivity index (χ0) is 14.0. The van der Waals surface area contributed by atoms with Crippen molar-refractivity contribution in [1.82, 2.24) is 4.98 Å². The number of nitrogens with one attached hydrogen (secondary N) is 1. The molecule has 1 aromatic heterocycles. The van der Waals surface area contributed by atoms with Crippen LogP contribution < -0.4 is 11.1 Å². The van der Waals surface area contributed by atoms with Gasteiger partial charge in [0.15, 0.2) is 0 Å². The number of nitrogens with two attached hydrogens (primary N) is 1. The van der Waals surface area contributed by atoms with Gasteiger partial charge in [-0.1, -0.05) is 6.07 Å². The van der Waals surface area contributed by atoms with Gasteiger partial charge in [0.1, 0.15) is 11.6 Å². The lowest BCUT2D eigenvalue weighted by molar-refractivity contribution is -0.384. The van der Waals surface area contributed by atoms with Gasteiger partial charge in [0.05, 0.1) is 22.7 Å². The number of rotatable bonds is 3. The fraction of sp³-hybridized carbons (Fsp3) is 0.0833. The Balaban J connectivity index is 2.35. The minimum atomic E-state index is -0.507. The van der Waals surface area contributed by atoms with Gasteiger partial charge in [-0.2, -0.15) is 0 Å². The predicted molar refractivity (Wildman–Crippen MR) is 77.5 cm³/mol. The van der Waals surface area contributed by atoms with E-state index in [-0.39, 0.29) is 11.5 Å². The number of nitrogens with zero attached hydrogens (tertiary/aromatic N) is 2. The van der Waals surface area contributed by atoms with Crippen molar-refractivity contribution in [1.29, 1.82) is 0 Å². The van der Waals surface area contributed by atoms with Crippen molar-refractivity contribution in [2.75, 3.05) is 11.1 Å². The molecule has 1 aromatic carbocycles. The monoisotopic (exact) mass is 322 g/mol. The van der Waals surface area contributed by atoms with Gasteiger partial charge in [0.2, 0.25) is 0 Å². The summed E-state index contributed by atoms with van der Waals surface area (Å²) in [6.45, 7) is 1.97. The molecule has 0 aliphatic carbocycles. The molecular weight excluding hydrogens is 312 g/mol. The highest BCUT2D eigenvalue weighted by molar-refractivity contribution is 9.10. The van der Waals surface area contributed by atoms with Crippen LogP contribution >= 0.6 is 15.9 Å². The molecule has 2 rings (SSSR count). The molecule has 0 bridgehead atoms. The lowest BCUT2D eigenvalue weighted by Gasteiger charge is -2.09. The van der Waals surface area contributed by atoms with Crippen molar-refractivity contribution in [2.24, 2.45) is 0 Å². The van der Waals surface area contributed by atoms with E-state index < -0.39 is 4.92 Å². The number of halogens is 1. The number of hydrogen-bond donors (Lipinski definition) is 2. The first-order valence-electron chi connectivity index (χ1n) is 5.41. The van der Waals surface area contributed by atoms with Gasteiger partial charge in [0.25, 0.3) is 5.69 Å². The molecule has 0 aliphatic rings. The van der Waals surface area contributed by atoms with Crippen molar-refractivity contribution in [3.63, 3.8) is 0 Å². The molecule has 6 nitrogen and oxygen atoms in total. The number of nitro groups is 1. The molecule has 0 saturated heterocycles. The van der Waals surface area contributed by atoms with Crippen molar-refractivity contribution in [2.45, 2.75) is 6.92 Å². The molecule has 7 heteroatoms. The summed E-state index contributed by atoms with van der Waals surface area (Å²) in [5.74, 6) is 0.427. The Morgan fingerprint density at radius 3 is 2.74 bits per heavy atom. The van der Waals surface area contributed by atoms with Gasteiger partial charge in [0, 0.05) is 4.47 Å². The summed E-state index contributed by atoms with van der Waals surface area (Å²) in [4.78, 5) is 14.3. The second-order valence-electron chi connectivity index (χ2n) is 4.00. The van der Waals surface area contributed by atoms with E-state index in [1.807, 2.05) is 25.1 Å². The SMILES string of the molecule is Cc1ccc(Nc2cc([N+](=O)[O-])cc(N)n2)c(Br)c1. The van der Waals surface area contributed by atoms with E-state index in [0.717, 1.165) is 15.7 Å². The zero-order valence-electron chi connectivity index (χ0n) is 10.1. The van der Waals surface area contributed by atoms with Gasteiger partial charge in [-0.25, -0.2) is 4.98 Å². The van der Waals surface area contributed by atoms with Crippen LogP contribution in [-0.2, 0) is 0 Å². The van der Waals surface area contributed by atoms with E-state index in [9.17, 15) is 10.1 Å². The average Bonchev–Trinajstić information content (AvgIpc) is 2.32. The third-order valence-electron chi connectivity index (χ3n) is 2.43. The lowest BCUT2D eigenvalue weighted by Crippen LogP contribution is -2.00. The van der Waals surface area contributed by atoms with Crippen LogP contribution in [0, 0.1) is 17.0 Å². The molecule has 2 aromatic rings. The van der Waals surface area contributed by atoms with Crippen molar-refractivity contribution >= 4 is 38.9 Å². The quantitative estimate of drug-likeness (QED) is 0.667. The van der Waals surface area contributed by atoms with Crippen LogP contribution in [0.4, 0.5) is 23.0 Å². The van der Waals surface area contributed by atoms with Crippen LogP contribution in [0.2, 0.25) is 0 Å². The van der Waals surface area contributed by atoms with Gasteiger partial charge in [-0.15, -0.1) is 0 Å². The van der Waals surface area contributed by atoms with E-state index >= 15 is 0 Å². The highest BCUT2D eigenvalue weighted by atomic mass is 79.9. The number of nitrogen functional groups attached to an aromatic ring is 1. The van der Waals surface area contributed by atoms with Crippen molar-refractivity contribution < 1.29 is 4.92 Å². The summed E-state index contributed by atoms with van der Waals surface area (Å²) < 4.78 is 0.847. The maximum atomic E-state index is 10.8. The predicted octanol–water partition coefficient (Wildman–Crippen LogP) is 3.39. The van der Waals surface area contributed by atoms with Crippen molar-refractivity contribution in [3.05, 3.63) is 50.5 Å². The molecule has 0 fully saturated rings. The van der Waals surface area contributed by atoms with Gasteiger partial charge in [-0.05, 0) is 40.5 Å². The van der Waals surface area contributed by atoms with Crippen LogP contribution in [0.15, 0.2) is 34.8 Å². The molecule has 0 spiro atoms. The Kier molecular flexibility index (Phi) is 3.66. The average molecular weight is 323 g/mol. The van der Waals surface area contributed by atoms with E-state index in [1.165, 1.54) is 12.1 Å². The lowest BCUT2D eigenvalue weighted by atomic mass is 10.2. The highest BCUT2D eigenvalue weighted by Gasteiger charge is 2.10. The molecule has 19 heavy (non-hydrogen) atoms. The van der Waals surface area contributed by atoms with Crippen LogP contribution in [-0.4, -0.2) is 9.91 Å². The van der Waals surface area contributed by atoms with Crippen LogP contribution in [0.25, 0.3) is 0 Å². The molecule has 1 heterocycles. The molecule has 0 aliphatic heterocycles. The standard InChI is InChI=1S/C12H11BrN4O2/c1-7-2-3-10(9(13)4-7)15-12-6-8(17(18)19)5-11(14)16-12/h2-6H,1H3,(H3,14,15,16). The summed E-state index contributed by atoms with van der Waals surface area (Å²) in [7, 11) is 0. The molecular formula is C12H11BrN4O2. The summed E-state index contributed by atoms with van der Waals surface area (Å²) >= 11 is 3.42. The molecule has 0 atom stereocenters. The second-order valence-corrected chi connectivity index (χ2v) is 4.86. The number of anilines is 3. The maximum Gasteiger partial charge on any atom is 0.276 e. The van der Waals surface area contributed by atoms with Crippen LogP contribution in [0.5, 0.6) is 0 Å². The molecule has 3 N–H and O–H groups in total. The van der Waals surface area contributed by atoms with E-state index in [1.54, 1.807) is 0 Å². The smallest absolute Gasteiger partial charge is 0.276 e. The Hall–Kier alpha value is -2.15. The van der Waals surface area contributed by atoms with Crippen LogP contribution in [0.1, 0.15) is 5.56 Å². The summed E-state index contributed by atoms with van der Waals surface area (Å²) in [6, 6.07) is 8.27. The summed E-state index contributed by atoms with van der Waals surface area (Å²) in [5, 5.41) is 13.7. The number of aryl methyl sites for hydroxylation is 1. The van der Waals surface area contributed by atoms with Gasteiger partial charge in [-0.3, -0.25) is 10.1 Å². The zero-order valence-corrected chi connectivity index (χ0v) is 11.6. The van der Waals surface area contributed by atoms with Gasteiger partial charge >= 0.3 is 0 Å². The van der Waals surface area contributed by atoms with Gasteiger partial charge < -0.3 is 11.1 Å².